The van der Waals surface area contributed by atoms with Gasteiger partial charge in [-0.15, -0.1) is 0 Å². The number of rotatable bonds is 4. The van der Waals surface area contributed by atoms with Gasteiger partial charge in [0, 0.05) is 0 Å². The molecule has 1 aromatic rings. The summed E-state index contributed by atoms with van der Waals surface area (Å²) in [6, 6.07) is 10.5. The molecule has 13 heavy (non-hydrogen) atoms. The Labute approximate surface area is 80.2 Å². The van der Waals surface area contributed by atoms with Gasteiger partial charge < -0.3 is 9.16 Å². The molecule has 1 fully saturated rings. The molecule has 0 saturated carbocycles. The maximum atomic E-state index is 5.77. The van der Waals surface area contributed by atoms with Gasteiger partial charge in [-0.05, 0) is 11.7 Å². The summed E-state index contributed by atoms with van der Waals surface area (Å²) in [5.41, 5.74) is 0. The van der Waals surface area contributed by atoms with Gasteiger partial charge in [-0.3, -0.25) is 0 Å². The van der Waals surface area contributed by atoms with Gasteiger partial charge in [-0.25, -0.2) is 0 Å². The standard InChI is InChI=1S/C10H14O2Si/c1-13(12-8-9-7-11-9)10-5-3-2-4-6-10/h2-6,9,13H,7-8H2,1H3. The summed E-state index contributed by atoms with van der Waals surface area (Å²) in [7, 11) is -1.16. The highest BCUT2D eigenvalue weighted by atomic mass is 28.3. The minimum atomic E-state index is -1.16. The van der Waals surface area contributed by atoms with Crippen LogP contribution < -0.4 is 5.19 Å². The Morgan fingerprint density at radius 2 is 2.15 bits per heavy atom. The van der Waals surface area contributed by atoms with Crippen molar-refractivity contribution in [3.63, 3.8) is 0 Å². The van der Waals surface area contributed by atoms with Crippen LogP contribution in [0.1, 0.15) is 0 Å². The van der Waals surface area contributed by atoms with Crippen molar-refractivity contribution in [3.8, 4) is 0 Å². The molecular weight excluding hydrogens is 180 g/mol. The second-order valence-electron chi connectivity index (χ2n) is 3.34. The lowest BCUT2D eigenvalue weighted by atomic mass is 10.4. The van der Waals surface area contributed by atoms with E-state index < -0.39 is 9.04 Å². The Balaban J connectivity index is 1.85. The summed E-state index contributed by atoms with van der Waals surface area (Å²) in [5, 5.41) is 1.36. The van der Waals surface area contributed by atoms with Crippen molar-refractivity contribution in [2.75, 3.05) is 13.2 Å². The van der Waals surface area contributed by atoms with Gasteiger partial charge in [-0.1, -0.05) is 30.3 Å². The summed E-state index contributed by atoms with van der Waals surface area (Å²) in [5.74, 6) is 0. The first-order valence-corrected chi connectivity index (χ1v) is 6.85. The molecule has 1 aromatic carbocycles. The number of ether oxygens (including phenoxy) is 1. The molecule has 1 aliphatic rings. The van der Waals surface area contributed by atoms with E-state index >= 15 is 0 Å². The first-order chi connectivity index (χ1) is 6.36. The van der Waals surface area contributed by atoms with Crippen molar-refractivity contribution in [1.82, 2.24) is 0 Å². The van der Waals surface area contributed by atoms with Gasteiger partial charge >= 0.3 is 0 Å². The molecule has 0 aliphatic carbocycles. The van der Waals surface area contributed by atoms with E-state index in [0.717, 1.165) is 13.2 Å². The van der Waals surface area contributed by atoms with Crippen LogP contribution in [0.25, 0.3) is 0 Å². The molecule has 1 saturated heterocycles. The van der Waals surface area contributed by atoms with Gasteiger partial charge in [0.2, 0.25) is 9.04 Å². The lowest BCUT2D eigenvalue weighted by Crippen LogP contribution is -2.31. The fourth-order valence-electron chi connectivity index (χ4n) is 1.24. The molecule has 2 unspecified atom stereocenters. The lowest BCUT2D eigenvalue weighted by Gasteiger charge is -2.10. The molecule has 70 valence electrons. The third-order valence-electron chi connectivity index (χ3n) is 2.20. The zero-order valence-electron chi connectivity index (χ0n) is 7.77. The van der Waals surface area contributed by atoms with Crippen molar-refractivity contribution in [3.05, 3.63) is 30.3 Å². The zero-order chi connectivity index (χ0) is 9.10. The normalized spacial score (nSPS) is 22.7. The molecule has 0 amide bonds. The maximum Gasteiger partial charge on any atom is 0.205 e. The van der Waals surface area contributed by atoms with Gasteiger partial charge in [0.15, 0.2) is 0 Å². The van der Waals surface area contributed by atoms with Crippen LogP contribution in [-0.2, 0) is 9.16 Å². The third kappa shape index (κ3) is 2.65. The molecule has 0 N–H and O–H groups in total. The summed E-state index contributed by atoms with van der Waals surface area (Å²) < 4.78 is 10.9. The van der Waals surface area contributed by atoms with Crippen molar-refractivity contribution in [2.45, 2.75) is 12.7 Å². The highest BCUT2D eigenvalue weighted by molar-refractivity contribution is 6.66. The first kappa shape index (κ1) is 8.93. The summed E-state index contributed by atoms with van der Waals surface area (Å²) in [6.07, 6.45) is 0.388. The topological polar surface area (TPSA) is 21.8 Å². The third-order valence-corrected chi connectivity index (χ3v) is 4.22. The summed E-state index contributed by atoms with van der Waals surface area (Å²) in [6.45, 7) is 3.87. The van der Waals surface area contributed by atoms with Crippen molar-refractivity contribution in [1.29, 1.82) is 0 Å². The number of benzene rings is 1. The Hall–Kier alpha value is -0.643. The van der Waals surface area contributed by atoms with Crippen LogP contribution in [0.2, 0.25) is 6.55 Å². The second-order valence-corrected chi connectivity index (χ2v) is 5.63. The van der Waals surface area contributed by atoms with E-state index in [2.05, 4.69) is 30.8 Å². The first-order valence-electron chi connectivity index (χ1n) is 4.64. The van der Waals surface area contributed by atoms with Crippen LogP contribution in [0.3, 0.4) is 0 Å². The van der Waals surface area contributed by atoms with Crippen LogP contribution in [0, 0.1) is 0 Å². The summed E-state index contributed by atoms with van der Waals surface area (Å²) >= 11 is 0. The van der Waals surface area contributed by atoms with E-state index in [0.29, 0.717) is 6.10 Å². The SMILES string of the molecule is C[SiH](OCC1CO1)c1ccccc1. The molecule has 2 atom stereocenters. The fraction of sp³-hybridized carbons (Fsp3) is 0.400. The molecule has 0 aromatic heterocycles. The number of hydrogen-bond donors (Lipinski definition) is 0. The monoisotopic (exact) mass is 194 g/mol. The van der Waals surface area contributed by atoms with Crippen molar-refractivity contribution < 1.29 is 9.16 Å². The highest BCUT2D eigenvalue weighted by Crippen LogP contribution is 2.08. The van der Waals surface area contributed by atoms with E-state index in [1.165, 1.54) is 5.19 Å². The molecule has 2 rings (SSSR count). The van der Waals surface area contributed by atoms with Crippen LogP contribution in [0.5, 0.6) is 0 Å². The van der Waals surface area contributed by atoms with Gasteiger partial charge in [-0.2, -0.15) is 0 Å². The molecule has 3 heteroatoms. The maximum absolute atomic E-state index is 5.77. The molecule has 0 bridgehead atoms. The van der Waals surface area contributed by atoms with E-state index in [4.69, 9.17) is 9.16 Å². The van der Waals surface area contributed by atoms with E-state index in [9.17, 15) is 0 Å². The van der Waals surface area contributed by atoms with Crippen molar-refractivity contribution in [2.24, 2.45) is 0 Å². The average Bonchev–Trinajstić information content (AvgIpc) is 2.99. The van der Waals surface area contributed by atoms with E-state index in [-0.39, 0.29) is 0 Å². The minimum Gasteiger partial charge on any atom is -0.413 e. The molecule has 2 nitrogen and oxygen atoms in total. The van der Waals surface area contributed by atoms with Crippen molar-refractivity contribution >= 4 is 14.2 Å². The largest absolute Gasteiger partial charge is 0.413 e. The lowest BCUT2D eigenvalue weighted by molar-refractivity contribution is 0.269. The number of hydrogen-bond acceptors (Lipinski definition) is 2. The Kier molecular flexibility index (Phi) is 2.78. The van der Waals surface area contributed by atoms with Gasteiger partial charge in [0.25, 0.3) is 0 Å². The molecule has 1 aliphatic heterocycles. The number of epoxide rings is 1. The Bertz CT molecular complexity index is 259. The predicted octanol–water partition coefficient (Wildman–Crippen LogP) is 0.663. The molecule has 0 spiro atoms. The zero-order valence-corrected chi connectivity index (χ0v) is 8.93. The van der Waals surface area contributed by atoms with Gasteiger partial charge in [0.1, 0.15) is 6.10 Å². The van der Waals surface area contributed by atoms with E-state index in [1.807, 2.05) is 6.07 Å². The Morgan fingerprint density at radius 1 is 1.46 bits per heavy atom. The minimum absolute atomic E-state index is 0.388. The fourth-order valence-corrected chi connectivity index (χ4v) is 2.70. The smallest absolute Gasteiger partial charge is 0.205 e. The van der Waals surface area contributed by atoms with Crippen LogP contribution in [0.15, 0.2) is 30.3 Å². The molecule has 1 heterocycles. The van der Waals surface area contributed by atoms with Crippen LogP contribution in [-0.4, -0.2) is 28.4 Å². The molecular formula is C10H14O2Si. The average molecular weight is 194 g/mol. The van der Waals surface area contributed by atoms with Crippen LogP contribution in [0.4, 0.5) is 0 Å². The quantitative estimate of drug-likeness (QED) is 0.519. The van der Waals surface area contributed by atoms with E-state index in [1.54, 1.807) is 0 Å². The summed E-state index contributed by atoms with van der Waals surface area (Å²) in [4.78, 5) is 0. The highest BCUT2D eigenvalue weighted by Gasteiger charge is 2.23. The van der Waals surface area contributed by atoms with Crippen LogP contribution >= 0.6 is 0 Å². The Morgan fingerprint density at radius 3 is 2.77 bits per heavy atom. The predicted molar refractivity (Wildman–Crippen MR) is 54.8 cm³/mol. The second kappa shape index (κ2) is 4.04. The van der Waals surface area contributed by atoms with Gasteiger partial charge in [0.05, 0.1) is 13.2 Å². The molecule has 0 radical (unpaired) electrons.